The number of fused-ring (bicyclic) bond motifs is 3. The molecule has 1 aromatic carbocycles. The summed E-state index contributed by atoms with van der Waals surface area (Å²) >= 11 is 0. The van der Waals surface area contributed by atoms with Gasteiger partial charge in [-0.05, 0) is 26.0 Å². The molecule has 0 bridgehead atoms. The van der Waals surface area contributed by atoms with E-state index in [1.165, 1.54) is 0 Å². The van der Waals surface area contributed by atoms with Crippen molar-refractivity contribution in [1.29, 1.82) is 0 Å². The minimum Gasteiger partial charge on any atom is -0.508 e. The minimum atomic E-state index is -0.183. The first-order valence-corrected chi connectivity index (χ1v) is 5.22. The molecule has 16 heavy (non-hydrogen) atoms. The van der Waals surface area contributed by atoms with Gasteiger partial charge in [-0.3, -0.25) is 4.57 Å². The van der Waals surface area contributed by atoms with Gasteiger partial charge in [0.2, 0.25) is 0 Å². The molecule has 0 aliphatic carbocycles. The zero-order valence-corrected chi connectivity index (χ0v) is 9.23. The van der Waals surface area contributed by atoms with E-state index in [2.05, 4.69) is 24.1 Å². The van der Waals surface area contributed by atoms with E-state index in [1.54, 1.807) is 18.5 Å². The van der Waals surface area contributed by atoms with Crippen molar-refractivity contribution >= 4 is 5.69 Å². The van der Waals surface area contributed by atoms with Crippen LogP contribution in [0.4, 0.5) is 5.69 Å². The Morgan fingerprint density at radius 2 is 2.19 bits per heavy atom. The summed E-state index contributed by atoms with van der Waals surface area (Å²) in [6.07, 6.45) is 3.66. The normalized spacial score (nSPS) is 16.1. The van der Waals surface area contributed by atoms with Crippen molar-refractivity contribution in [1.82, 2.24) is 9.55 Å². The van der Waals surface area contributed by atoms with Crippen LogP contribution in [-0.4, -0.2) is 14.7 Å². The number of hydrogen-bond acceptors (Lipinski definition) is 3. The molecule has 1 aromatic heterocycles. The van der Waals surface area contributed by atoms with Crippen LogP contribution in [0.1, 0.15) is 19.5 Å². The lowest BCUT2D eigenvalue weighted by molar-refractivity contribution is 0.474. The molecule has 3 rings (SSSR count). The van der Waals surface area contributed by atoms with Gasteiger partial charge in [0, 0.05) is 6.07 Å². The third-order valence-corrected chi connectivity index (χ3v) is 2.97. The van der Waals surface area contributed by atoms with Gasteiger partial charge in [-0.15, -0.1) is 0 Å². The molecule has 0 amide bonds. The third-order valence-electron chi connectivity index (χ3n) is 2.97. The summed E-state index contributed by atoms with van der Waals surface area (Å²) in [6.45, 7) is 4.18. The number of phenols is 1. The number of aromatic hydroxyl groups is 1. The van der Waals surface area contributed by atoms with Crippen molar-refractivity contribution in [3.05, 3.63) is 36.4 Å². The Hall–Kier alpha value is -1.97. The standard InChI is InChI=1S/C12H13N3O/c1-12(2)11-6-13-7-15(11)10-4-3-8(16)5-9(10)14-12/h3-7,14,16H,1-2H3. The summed E-state index contributed by atoms with van der Waals surface area (Å²) in [7, 11) is 0. The fourth-order valence-electron chi connectivity index (χ4n) is 2.18. The Morgan fingerprint density at radius 1 is 1.38 bits per heavy atom. The molecular formula is C12H13N3O. The van der Waals surface area contributed by atoms with Crippen LogP contribution in [-0.2, 0) is 5.54 Å². The van der Waals surface area contributed by atoms with Gasteiger partial charge < -0.3 is 10.4 Å². The van der Waals surface area contributed by atoms with Crippen molar-refractivity contribution in [2.75, 3.05) is 5.32 Å². The second-order valence-corrected chi connectivity index (χ2v) is 4.60. The lowest BCUT2D eigenvalue weighted by atomic mass is 9.97. The summed E-state index contributed by atoms with van der Waals surface area (Å²) in [5, 5.41) is 12.9. The number of aromatic nitrogens is 2. The van der Waals surface area contributed by atoms with Crippen LogP contribution in [0.5, 0.6) is 5.75 Å². The minimum absolute atomic E-state index is 0.183. The topological polar surface area (TPSA) is 50.1 Å². The number of benzene rings is 1. The van der Waals surface area contributed by atoms with E-state index in [9.17, 15) is 5.11 Å². The average Bonchev–Trinajstić information content (AvgIpc) is 2.65. The summed E-state index contributed by atoms with van der Waals surface area (Å²) in [4.78, 5) is 4.18. The molecular weight excluding hydrogens is 202 g/mol. The zero-order chi connectivity index (χ0) is 11.3. The molecule has 2 aromatic rings. The maximum Gasteiger partial charge on any atom is 0.117 e. The van der Waals surface area contributed by atoms with Gasteiger partial charge in [-0.25, -0.2) is 4.98 Å². The molecule has 0 unspecified atom stereocenters. The average molecular weight is 215 g/mol. The predicted molar refractivity (Wildman–Crippen MR) is 61.9 cm³/mol. The van der Waals surface area contributed by atoms with E-state index in [0.717, 1.165) is 17.1 Å². The van der Waals surface area contributed by atoms with Crippen LogP contribution in [0, 0.1) is 0 Å². The van der Waals surface area contributed by atoms with E-state index in [1.807, 2.05) is 16.8 Å². The van der Waals surface area contributed by atoms with Crippen LogP contribution in [0.25, 0.3) is 5.69 Å². The second kappa shape index (κ2) is 2.78. The summed E-state index contributed by atoms with van der Waals surface area (Å²) in [5.74, 6) is 0.269. The van der Waals surface area contributed by atoms with Crippen molar-refractivity contribution in [2.24, 2.45) is 0 Å². The SMILES string of the molecule is CC1(C)Nc2cc(O)ccc2-n2cncc21. The number of imidazole rings is 1. The number of anilines is 1. The molecule has 0 radical (unpaired) electrons. The second-order valence-electron chi connectivity index (χ2n) is 4.60. The van der Waals surface area contributed by atoms with E-state index in [4.69, 9.17) is 0 Å². The fourth-order valence-corrected chi connectivity index (χ4v) is 2.18. The first-order chi connectivity index (χ1) is 7.58. The summed E-state index contributed by atoms with van der Waals surface area (Å²) in [5.41, 5.74) is 2.88. The Morgan fingerprint density at radius 3 is 3.00 bits per heavy atom. The highest BCUT2D eigenvalue weighted by atomic mass is 16.3. The quantitative estimate of drug-likeness (QED) is 0.708. The fraction of sp³-hybridized carbons (Fsp3) is 0.250. The predicted octanol–water partition coefficient (Wildman–Crippen LogP) is 2.24. The number of hydrogen-bond donors (Lipinski definition) is 2. The van der Waals surface area contributed by atoms with E-state index in [0.29, 0.717) is 0 Å². The molecule has 0 fully saturated rings. The Kier molecular flexibility index (Phi) is 1.61. The van der Waals surface area contributed by atoms with E-state index >= 15 is 0 Å². The van der Waals surface area contributed by atoms with Crippen molar-refractivity contribution in [3.8, 4) is 11.4 Å². The molecule has 2 heterocycles. The maximum atomic E-state index is 9.49. The zero-order valence-electron chi connectivity index (χ0n) is 9.23. The number of phenolic OH excluding ortho intramolecular Hbond substituents is 1. The lowest BCUT2D eigenvalue weighted by Gasteiger charge is -2.34. The third kappa shape index (κ3) is 1.13. The van der Waals surface area contributed by atoms with Gasteiger partial charge in [0.05, 0.1) is 35.1 Å². The highest BCUT2D eigenvalue weighted by Gasteiger charge is 2.30. The largest absolute Gasteiger partial charge is 0.508 e. The van der Waals surface area contributed by atoms with Crippen LogP contribution in [0.15, 0.2) is 30.7 Å². The molecule has 1 aliphatic rings. The van der Waals surface area contributed by atoms with Crippen molar-refractivity contribution in [3.63, 3.8) is 0 Å². The van der Waals surface area contributed by atoms with Crippen molar-refractivity contribution in [2.45, 2.75) is 19.4 Å². The number of rotatable bonds is 0. The number of nitrogens with zero attached hydrogens (tertiary/aromatic N) is 2. The Balaban J connectivity index is 2.30. The lowest BCUT2D eigenvalue weighted by Crippen LogP contribution is -2.34. The Labute approximate surface area is 93.6 Å². The van der Waals surface area contributed by atoms with E-state index < -0.39 is 0 Å². The van der Waals surface area contributed by atoms with Crippen LogP contribution < -0.4 is 5.32 Å². The maximum absolute atomic E-state index is 9.49. The molecule has 2 N–H and O–H groups in total. The smallest absolute Gasteiger partial charge is 0.117 e. The molecule has 1 aliphatic heterocycles. The molecule has 0 saturated carbocycles. The Bertz CT molecular complexity index is 557. The molecule has 4 nitrogen and oxygen atoms in total. The monoisotopic (exact) mass is 215 g/mol. The van der Waals surface area contributed by atoms with Gasteiger partial charge in [-0.2, -0.15) is 0 Å². The summed E-state index contributed by atoms with van der Waals surface area (Å²) < 4.78 is 2.05. The van der Waals surface area contributed by atoms with Crippen LogP contribution in [0.3, 0.4) is 0 Å². The number of nitrogens with one attached hydrogen (secondary N) is 1. The van der Waals surface area contributed by atoms with E-state index in [-0.39, 0.29) is 11.3 Å². The molecule has 0 spiro atoms. The van der Waals surface area contributed by atoms with Crippen molar-refractivity contribution < 1.29 is 5.11 Å². The van der Waals surface area contributed by atoms with Gasteiger partial charge in [0.25, 0.3) is 0 Å². The molecule has 4 heteroatoms. The summed E-state index contributed by atoms with van der Waals surface area (Å²) in [6, 6.07) is 5.31. The van der Waals surface area contributed by atoms with Gasteiger partial charge in [0.1, 0.15) is 5.75 Å². The van der Waals surface area contributed by atoms with Crippen LogP contribution in [0.2, 0.25) is 0 Å². The highest BCUT2D eigenvalue weighted by molar-refractivity contribution is 5.68. The van der Waals surface area contributed by atoms with Gasteiger partial charge in [0.15, 0.2) is 0 Å². The molecule has 82 valence electrons. The first-order valence-electron chi connectivity index (χ1n) is 5.22. The molecule has 0 atom stereocenters. The van der Waals surface area contributed by atoms with Crippen LogP contribution >= 0.6 is 0 Å². The van der Waals surface area contributed by atoms with Gasteiger partial charge >= 0.3 is 0 Å². The van der Waals surface area contributed by atoms with Gasteiger partial charge in [-0.1, -0.05) is 0 Å². The highest BCUT2D eigenvalue weighted by Crippen LogP contribution is 2.37. The first kappa shape index (κ1) is 9.27. The molecule has 0 saturated heterocycles.